The number of hydrogen-bond donors (Lipinski definition) is 3. The van der Waals surface area contributed by atoms with Crippen LogP contribution in [0.5, 0.6) is 5.75 Å². The molecule has 0 saturated carbocycles. The first kappa shape index (κ1) is 21.0. The van der Waals surface area contributed by atoms with Gasteiger partial charge >= 0.3 is 0 Å². The lowest BCUT2D eigenvalue weighted by Crippen LogP contribution is -2.46. The molecule has 0 radical (unpaired) electrons. The summed E-state index contributed by atoms with van der Waals surface area (Å²) in [5.74, 6) is -0.183. The summed E-state index contributed by atoms with van der Waals surface area (Å²) in [5.41, 5.74) is 1.65. The number of benzene rings is 2. The number of ether oxygens (including phenoxy) is 1. The van der Waals surface area contributed by atoms with Crippen LogP contribution in [0.2, 0.25) is 0 Å². The molecule has 0 spiro atoms. The van der Waals surface area contributed by atoms with Crippen molar-refractivity contribution in [1.29, 1.82) is 0 Å². The van der Waals surface area contributed by atoms with Crippen LogP contribution in [-0.4, -0.2) is 30.9 Å². The van der Waals surface area contributed by atoms with Gasteiger partial charge in [0.1, 0.15) is 11.8 Å². The Kier molecular flexibility index (Phi) is 7.14. The second-order valence-corrected chi connectivity index (χ2v) is 6.67. The Morgan fingerprint density at radius 3 is 1.89 bits per heavy atom. The van der Waals surface area contributed by atoms with Gasteiger partial charge in [-0.3, -0.25) is 14.4 Å². The number of hydrogen-bond acceptors (Lipinski definition) is 4. The molecule has 0 heterocycles. The van der Waals surface area contributed by atoms with Crippen molar-refractivity contribution >= 4 is 29.1 Å². The minimum Gasteiger partial charge on any atom is -0.497 e. The van der Waals surface area contributed by atoms with Crippen LogP contribution >= 0.6 is 0 Å². The Hall–Kier alpha value is -3.35. The molecule has 148 valence electrons. The van der Waals surface area contributed by atoms with Crippen molar-refractivity contribution in [2.24, 2.45) is 5.92 Å². The van der Waals surface area contributed by atoms with Gasteiger partial charge in [-0.15, -0.1) is 0 Å². The van der Waals surface area contributed by atoms with Gasteiger partial charge in [0, 0.05) is 23.9 Å². The Labute approximate surface area is 164 Å². The number of anilines is 2. The van der Waals surface area contributed by atoms with Crippen LogP contribution in [0.4, 0.5) is 11.4 Å². The molecular formula is C21H25N3O4. The molecule has 0 unspecified atom stereocenters. The van der Waals surface area contributed by atoms with Gasteiger partial charge in [0.15, 0.2) is 0 Å². The van der Waals surface area contributed by atoms with Gasteiger partial charge in [0.05, 0.1) is 7.11 Å². The van der Waals surface area contributed by atoms with Crippen LogP contribution in [0.25, 0.3) is 0 Å². The first-order chi connectivity index (χ1) is 13.3. The maximum Gasteiger partial charge on any atom is 0.255 e. The number of carbonyl (C=O) groups excluding carboxylic acids is 3. The zero-order valence-electron chi connectivity index (χ0n) is 16.4. The third kappa shape index (κ3) is 5.84. The zero-order valence-corrected chi connectivity index (χ0v) is 16.4. The smallest absolute Gasteiger partial charge is 0.255 e. The highest BCUT2D eigenvalue weighted by Crippen LogP contribution is 2.17. The largest absolute Gasteiger partial charge is 0.497 e. The summed E-state index contributed by atoms with van der Waals surface area (Å²) < 4.78 is 5.09. The molecule has 2 rings (SSSR count). The van der Waals surface area contributed by atoms with Crippen molar-refractivity contribution in [2.45, 2.75) is 26.8 Å². The van der Waals surface area contributed by atoms with Crippen LogP contribution in [0.3, 0.4) is 0 Å². The van der Waals surface area contributed by atoms with E-state index in [1.807, 2.05) is 13.8 Å². The van der Waals surface area contributed by atoms with E-state index in [4.69, 9.17) is 4.74 Å². The van der Waals surface area contributed by atoms with E-state index in [1.165, 1.54) is 6.92 Å². The van der Waals surface area contributed by atoms with E-state index in [1.54, 1.807) is 55.6 Å². The Balaban J connectivity index is 2.00. The van der Waals surface area contributed by atoms with Crippen LogP contribution in [0, 0.1) is 5.92 Å². The number of rotatable bonds is 7. The van der Waals surface area contributed by atoms with Crippen LogP contribution in [0.1, 0.15) is 31.1 Å². The summed E-state index contributed by atoms with van der Waals surface area (Å²) in [7, 11) is 1.58. The number of carbonyl (C=O) groups is 3. The Morgan fingerprint density at radius 2 is 1.39 bits per heavy atom. The van der Waals surface area contributed by atoms with Crippen LogP contribution < -0.4 is 20.7 Å². The quantitative estimate of drug-likeness (QED) is 0.685. The SMILES string of the molecule is COc1ccc(NC(=O)c2ccc(NC(=O)[C@H](NC(C)=O)C(C)C)cc2)cc1. The lowest BCUT2D eigenvalue weighted by atomic mass is 10.0. The highest BCUT2D eigenvalue weighted by Gasteiger charge is 2.23. The minimum atomic E-state index is -0.629. The average molecular weight is 383 g/mol. The predicted octanol–water partition coefficient (Wildman–Crippen LogP) is 3.05. The van der Waals surface area contributed by atoms with Gasteiger partial charge in [-0.25, -0.2) is 0 Å². The fraction of sp³-hybridized carbons (Fsp3) is 0.286. The van der Waals surface area contributed by atoms with Gasteiger partial charge in [0.25, 0.3) is 5.91 Å². The maximum atomic E-state index is 12.4. The topological polar surface area (TPSA) is 96.5 Å². The lowest BCUT2D eigenvalue weighted by molar-refractivity contribution is -0.126. The van der Waals surface area contributed by atoms with Crippen LogP contribution in [-0.2, 0) is 9.59 Å². The Bertz CT molecular complexity index is 830. The van der Waals surface area contributed by atoms with Crippen molar-refractivity contribution in [1.82, 2.24) is 5.32 Å². The predicted molar refractivity (Wildman–Crippen MR) is 108 cm³/mol. The number of methoxy groups -OCH3 is 1. The lowest BCUT2D eigenvalue weighted by Gasteiger charge is -2.21. The molecule has 7 nitrogen and oxygen atoms in total. The summed E-state index contributed by atoms with van der Waals surface area (Å²) in [5, 5.41) is 8.19. The number of amides is 3. The molecule has 0 aliphatic rings. The first-order valence-corrected chi connectivity index (χ1v) is 8.93. The summed E-state index contributed by atoms with van der Waals surface area (Å²) in [6.45, 7) is 5.08. The standard InChI is InChI=1S/C21H25N3O4/c1-13(2)19(22-14(3)25)21(27)24-16-7-5-15(6-8-16)20(26)23-17-9-11-18(28-4)12-10-17/h5-13,19H,1-4H3,(H,22,25)(H,23,26)(H,24,27)/t19-/m1/s1. The van der Waals surface area contributed by atoms with E-state index in [2.05, 4.69) is 16.0 Å². The maximum absolute atomic E-state index is 12.4. The number of nitrogens with one attached hydrogen (secondary N) is 3. The van der Waals surface area contributed by atoms with E-state index >= 15 is 0 Å². The third-order valence-corrected chi connectivity index (χ3v) is 4.07. The van der Waals surface area contributed by atoms with Crippen molar-refractivity contribution in [3.63, 3.8) is 0 Å². The molecule has 28 heavy (non-hydrogen) atoms. The first-order valence-electron chi connectivity index (χ1n) is 8.93. The molecule has 0 saturated heterocycles. The van der Waals surface area contributed by atoms with E-state index in [0.29, 0.717) is 22.7 Å². The van der Waals surface area contributed by atoms with Crippen molar-refractivity contribution < 1.29 is 19.1 Å². The molecule has 3 N–H and O–H groups in total. The summed E-state index contributed by atoms with van der Waals surface area (Å²) >= 11 is 0. The monoisotopic (exact) mass is 383 g/mol. The van der Waals surface area contributed by atoms with E-state index in [0.717, 1.165) is 0 Å². The molecule has 2 aromatic rings. The molecule has 2 aromatic carbocycles. The van der Waals surface area contributed by atoms with Gasteiger partial charge in [-0.2, -0.15) is 0 Å². The molecule has 7 heteroatoms. The second-order valence-electron chi connectivity index (χ2n) is 6.67. The fourth-order valence-electron chi connectivity index (χ4n) is 2.56. The van der Waals surface area contributed by atoms with Gasteiger partial charge in [0.2, 0.25) is 11.8 Å². The zero-order chi connectivity index (χ0) is 20.7. The molecule has 0 bridgehead atoms. The summed E-state index contributed by atoms with van der Waals surface area (Å²) in [6, 6.07) is 12.9. The molecule has 1 atom stereocenters. The molecule has 0 aliphatic carbocycles. The molecule has 0 fully saturated rings. The van der Waals surface area contributed by atoms with Crippen molar-refractivity contribution in [3.8, 4) is 5.75 Å². The molecular weight excluding hydrogens is 358 g/mol. The molecule has 0 aromatic heterocycles. The van der Waals surface area contributed by atoms with Gasteiger partial charge in [-0.05, 0) is 54.4 Å². The fourth-order valence-corrected chi connectivity index (χ4v) is 2.56. The van der Waals surface area contributed by atoms with Crippen molar-refractivity contribution in [2.75, 3.05) is 17.7 Å². The van der Waals surface area contributed by atoms with Gasteiger partial charge < -0.3 is 20.7 Å². The molecule has 3 amide bonds. The average Bonchev–Trinajstić information content (AvgIpc) is 2.66. The molecule has 0 aliphatic heterocycles. The van der Waals surface area contributed by atoms with E-state index < -0.39 is 6.04 Å². The summed E-state index contributed by atoms with van der Waals surface area (Å²) in [6.07, 6.45) is 0. The Morgan fingerprint density at radius 1 is 0.857 bits per heavy atom. The van der Waals surface area contributed by atoms with E-state index in [-0.39, 0.29) is 23.6 Å². The second kappa shape index (κ2) is 9.55. The summed E-state index contributed by atoms with van der Waals surface area (Å²) in [4.78, 5) is 36.0. The normalized spacial score (nSPS) is 11.5. The van der Waals surface area contributed by atoms with Gasteiger partial charge in [-0.1, -0.05) is 13.8 Å². The van der Waals surface area contributed by atoms with Crippen molar-refractivity contribution in [3.05, 3.63) is 54.1 Å². The third-order valence-electron chi connectivity index (χ3n) is 4.07. The van der Waals surface area contributed by atoms with E-state index in [9.17, 15) is 14.4 Å². The van der Waals surface area contributed by atoms with Crippen LogP contribution in [0.15, 0.2) is 48.5 Å². The highest BCUT2D eigenvalue weighted by atomic mass is 16.5. The minimum absolute atomic E-state index is 0.0570. The highest BCUT2D eigenvalue weighted by molar-refractivity contribution is 6.05.